The molecular weight excluding hydrogens is 410 g/mol. The third kappa shape index (κ3) is 4.12. The Morgan fingerprint density at radius 1 is 1.16 bits per heavy atom. The zero-order valence-electron chi connectivity index (χ0n) is 18.1. The number of fused-ring (bicyclic) bond motifs is 3. The molecule has 3 heterocycles. The number of anilines is 1. The van der Waals surface area contributed by atoms with Crippen molar-refractivity contribution in [3.8, 4) is 0 Å². The van der Waals surface area contributed by atoms with Crippen LogP contribution in [-0.2, 0) is 17.6 Å². The van der Waals surface area contributed by atoms with E-state index in [1.807, 2.05) is 47.0 Å². The lowest BCUT2D eigenvalue weighted by molar-refractivity contribution is -0.116. The Bertz CT molecular complexity index is 1270. The summed E-state index contributed by atoms with van der Waals surface area (Å²) >= 11 is 1.44. The van der Waals surface area contributed by atoms with Crippen LogP contribution in [-0.4, -0.2) is 25.1 Å². The SMILES string of the molecule is CCc1ccc(NC(=O)CCCc2nnc3n([C@H](C)CC)c(=O)c4sccc4n23)cc1. The van der Waals surface area contributed by atoms with E-state index >= 15 is 0 Å². The van der Waals surface area contributed by atoms with Crippen LogP contribution >= 0.6 is 11.3 Å². The number of benzene rings is 1. The fourth-order valence-corrected chi connectivity index (χ4v) is 4.56. The van der Waals surface area contributed by atoms with E-state index in [1.165, 1.54) is 16.9 Å². The minimum atomic E-state index is -0.0183. The Morgan fingerprint density at radius 3 is 2.65 bits per heavy atom. The van der Waals surface area contributed by atoms with Gasteiger partial charge in [0, 0.05) is 24.6 Å². The third-order valence-corrected chi connectivity index (χ3v) is 6.60. The molecule has 1 amide bonds. The molecule has 162 valence electrons. The molecule has 7 nitrogen and oxygen atoms in total. The molecule has 4 rings (SSSR count). The lowest BCUT2D eigenvalue weighted by Crippen LogP contribution is -2.25. The van der Waals surface area contributed by atoms with Crippen LogP contribution in [0.25, 0.3) is 16.0 Å². The smallest absolute Gasteiger partial charge is 0.273 e. The summed E-state index contributed by atoms with van der Waals surface area (Å²) in [7, 11) is 0. The first-order chi connectivity index (χ1) is 15.0. The molecule has 3 aromatic heterocycles. The lowest BCUT2D eigenvalue weighted by Gasteiger charge is -2.14. The minimum absolute atomic E-state index is 0.0146. The van der Waals surface area contributed by atoms with Gasteiger partial charge >= 0.3 is 0 Å². The highest BCUT2D eigenvalue weighted by Crippen LogP contribution is 2.23. The molecule has 1 N–H and O–H groups in total. The van der Waals surface area contributed by atoms with Gasteiger partial charge in [-0.3, -0.25) is 18.6 Å². The van der Waals surface area contributed by atoms with Crippen molar-refractivity contribution in [3.63, 3.8) is 0 Å². The molecule has 0 radical (unpaired) electrons. The molecule has 1 aromatic carbocycles. The van der Waals surface area contributed by atoms with Crippen molar-refractivity contribution in [2.45, 2.75) is 58.9 Å². The molecule has 31 heavy (non-hydrogen) atoms. The number of hydrogen-bond acceptors (Lipinski definition) is 5. The van der Waals surface area contributed by atoms with Crippen LogP contribution in [0.2, 0.25) is 0 Å². The Labute approximate surface area is 184 Å². The molecule has 0 bridgehead atoms. The first-order valence-corrected chi connectivity index (χ1v) is 11.7. The number of rotatable bonds is 8. The van der Waals surface area contributed by atoms with Crippen molar-refractivity contribution in [3.05, 3.63) is 57.5 Å². The highest BCUT2D eigenvalue weighted by Gasteiger charge is 2.19. The van der Waals surface area contributed by atoms with Crippen molar-refractivity contribution >= 4 is 38.9 Å². The maximum atomic E-state index is 13.0. The summed E-state index contributed by atoms with van der Waals surface area (Å²) in [6.45, 7) is 6.18. The van der Waals surface area contributed by atoms with Gasteiger partial charge in [-0.2, -0.15) is 0 Å². The molecule has 4 aromatic rings. The maximum Gasteiger partial charge on any atom is 0.273 e. The van der Waals surface area contributed by atoms with E-state index in [2.05, 4.69) is 29.4 Å². The number of carbonyl (C=O) groups excluding carboxylic acids is 1. The zero-order chi connectivity index (χ0) is 22.0. The Kier molecular flexibility index (Phi) is 6.18. The standard InChI is InChI=1S/C23H27N5O2S/c1-4-15(3)27-22(30)21-18(13-14-31-21)28-19(25-26-23(27)28)7-6-8-20(29)24-17-11-9-16(5-2)10-12-17/h9-15H,4-8H2,1-3H3,(H,24,29)/t15-/m1/s1. The van der Waals surface area contributed by atoms with Crippen LogP contribution < -0.4 is 10.9 Å². The van der Waals surface area contributed by atoms with Gasteiger partial charge in [0.15, 0.2) is 0 Å². The van der Waals surface area contributed by atoms with Gasteiger partial charge in [-0.25, -0.2) is 0 Å². The Hall–Kier alpha value is -3.00. The first-order valence-electron chi connectivity index (χ1n) is 10.8. The van der Waals surface area contributed by atoms with E-state index in [4.69, 9.17) is 0 Å². The molecule has 0 aliphatic rings. The largest absolute Gasteiger partial charge is 0.326 e. The number of aromatic nitrogens is 4. The fourth-order valence-electron chi connectivity index (χ4n) is 3.74. The number of nitrogens with one attached hydrogen (secondary N) is 1. The number of aryl methyl sites for hydroxylation is 2. The van der Waals surface area contributed by atoms with Crippen molar-refractivity contribution in [2.75, 3.05) is 5.32 Å². The van der Waals surface area contributed by atoms with E-state index < -0.39 is 0 Å². The van der Waals surface area contributed by atoms with Gasteiger partial charge in [0.2, 0.25) is 11.7 Å². The van der Waals surface area contributed by atoms with Crippen LogP contribution in [0.15, 0.2) is 40.5 Å². The predicted molar refractivity (Wildman–Crippen MR) is 125 cm³/mol. The summed E-state index contributed by atoms with van der Waals surface area (Å²) in [6, 6.07) is 9.90. The zero-order valence-corrected chi connectivity index (χ0v) is 18.9. The molecular formula is C23H27N5O2S. The molecule has 0 saturated heterocycles. The van der Waals surface area contributed by atoms with Gasteiger partial charge in [-0.1, -0.05) is 26.0 Å². The van der Waals surface area contributed by atoms with Gasteiger partial charge in [-0.15, -0.1) is 21.5 Å². The summed E-state index contributed by atoms with van der Waals surface area (Å²) in [5.74, 6) is 1.33. The summed E-state index contributed by atoms with van der Waals surface area (Å²) in [5, 5.41) is 13.6. The predicted octanol–water partition coefficient (Wildman–Crippen LogP) is 4.60. The van der Waals surface area contributed by atoms with E-state index in [0.29, 0.717) is 29.7 Å². The minimum Gasteiger partial charge on any atom is -0.326 e. The lowest BCUT2D eigenvalue weighted by atomic mass is 10.1. The first kappa shape index (κ1) is 21.2. The van der Waals surface area contributed by atoms with Crippen molar-refractivity contribution in [2.24, 2.45) is 0 Å². The maximum absolute atomic E-state index is 13.0. The monoisotopic (exact) mass is 437 g/mol. The molecule has 0 spiro atoms. The summed E-state index contributed by atoms with van der Waals surface area (Å²) in [6.07, 6.45) is 3.44. The molecule has 1 atom stereocenters. The van der Waals surface area contributed by atoms with Gasteiger partial charge in [-0.05, 0) is 55.3 Å². The fraction of sp³-hybridized carbons (Fsp3) is 0.391. The summed E-state index contributed by atoms with van der Waals surface area (Å²) in [5.41, 5.74) is 2.88. The van der Waals surface area contributed by atoms with Gasteiger partial charge in [0.25, 0.3) is 5.56 Å². The highest BCUT2D eigenvalue weighted by molar-refractivity contribution is 7.17. The second kappa shape index (κ2) is 9.01. The molecule has 0 aliphatic carbocycles. The number of hydrogen-bond donors (Lipinski definition) is 1. The molecule has 8 heteroatoms. The van der Waals surface area contributed by atoms with Crippen molar-refractivity contribution in [1.29, 1.82) is 0 Å². The van der Waals surface area contributed by atoms with E-state index in [-0.39, 0.29) is 17.5 Å². The highest BCUT2D eigenvalue weighted by atomic mass is 32.1. The summed E-state index contributed by atoms with van der Waals surface area (Å²) in [4.78, 5) is 25.3. The second-order valence-electron chi connectivity index (χ2n) is 7.77. The van der Waals surface area contributed by atoms with Crippen LogP contribution in [0, 0.1) is 0 Å². The number of carbonyl (C=O) groups is 1. The topological polar surface area (TPSA) is 81.3 Å². The molecule has 0 saturated carbocycles. The Balaban J connectivity index is 1.52. The normalized spacial score (nSPS) is 12.5. The second-order valence-corrected chi connectivity index (χ2v) is 8.69. The molecule has 0 fully saturated rings. The van der Waals surface area contributed by atoms with Gasteiger partial charge in [0.1, 0.15) is 10.5 Å². The van der Waals surface area contributed by atoms with Crippen molar-refractivity contribution in [1.82, 2.24) is 19.2 Å². The summed E-state index contributed by atoms with van der Waals surface area (Å²) < 4.78 is 4.42. The van der Waals surface area contributed by atoms with Crippen LogP contribution in [0.4, 0.5) is 5.69 Å². The molecule has 0 unspecified atom stereocenters. The number of thiophene rings is 1. The number of nitrogens with zero attached hydrogens (tertiary/aromatic N) is 4. The van der Waals surface area contributed by atoms with Gasteiger partial charge in [0.05, 0.1) is 5.52 Å². The van der Waals surface area contributed by atoms with E-state index in [9.17, 15) is 9.59 Å². The van der Waals surface area contributed by atoms with Crippen molar-refractivity contribution < 1.29 is 4.79 Å². The quantitative estimate of drug-likeness (QED) is 0.437. The number of amides is 1. The average Bonchev–Trinajstić information content (AvgIpc) is 3.41. The Morgan fingerprint density at radius 2 is 1.94 bits per heavy atom. The average molecular weight is 438 g/mol. The van der Waals surface area contributed by atoms with E-state index in [1.54, 1.807) is 4.57 Å². The molecule has 0 aliphatic heterocycles. The van der Waals surface area contributed by atoms with Crippen LogP contribution in [0.3, 0.4) is 0 Å². The third-order valence-electron chi connectivity index (χ3n) is 5.71. The van der Waals surface area contributed by atoms with Crippen LogP contribution in [0.5, 0.6) is 0 Å². The van der Waals surface area contributed by atoms with E-state index in [0.717, 1.165) is 29.9 Å². The van der Waals surface area contributed by atoms with Crippen LogP contribution in [0.1, 0.15) is 57.5 Å². The van der Waals surface area contributed by atoms with Gasteiger partial charge < -0.3 is 5.32 Å².